The summed E-state index contributed by atoms with van der Waals surface area (Å²) in [6.45, 7) is 3.95. The number of para-hydroxylation sites is 1. The van der Waals surface area contributed by atoms with Crippen LogP contribution in [0.3, 0.4) is 0 Å². The second kappa shape index (κ2) is 11.9. The molecule has 3 rings (SSSR count). The molecule has 0 spiro atoms. The summed E-state index contributed by atoms with van der Waals surface area (Å²) in [6.07, 6.45) is -4.92. The highest BCUT2D eigenvalue weighted by Crippen LogP contribution is 2.48. The summed E-state index contributed by atoms with van der Waals surface area (Å²) >= 11 is 6.07. The quantitative estimate of drug-likeness (QED) is 0.209. The number of anilines is 1. The highest BCUT2D eigenvalue weighted by molar-refractivity contribution is 7.52. The van der Waals surface area contributed by atoms with E-state index in [9.17, 15) is 19.3 Å². The van der Waals surface area contributed by atoms with E-state index in [1.807, 2.05) is 0 Å². The van der Waals surface area contributed by atoms with E-state index in [1.165, 1.54) is 25.1 Å². The molecule has 2 aromatic rings. The van der Waals surface area contributed by atoms with Gasteiger partial charge >= 0.3 is 19.4 Å². The van der Waals surface area contributed by atoms with Gasteiger partial charge in [-0.15, -0.1) is 11.6 Å². The summed E-state index contributed by atoms with van der Waals surface area (Å²) in [5.41, 5.74) is 2.61. The number of rotatable bonds is 11. The maximum atomic E-state index is 15.1. The summed E-state index contributed by atoms with van der Waals surface area (Å²) in [6, 6.07) is 8.07. The van der Waals surface area contributed by atoms with Crippen molar-refractivity contribution in [3.05, 3.63) is 53.1 Å². The van der Waals surface area contributed by atoms with Crippen LogP contribution in [0.1, 0.15) is 27.0 Å². The van der Waals surface area contributed by atoms with Crippen molar-refractivity contribution in [2.45, 2.75) is 57.0 Å². The Morgan fingerprint density at radius 3 is 2.62 bits per heavy atom. The maximum absolute atomic E-state index is 15.1. The average Bonchev–Trinajstić information content (AvgIpc) is 3.08. The van der Waals surface area contributed by atoms with Gasteiger partial charge in [0.1, 0.15) is 29.3 Å². The lowest BCUT2D eigenvalue weighted by Crippen LogP contribution is -2.48. The third-order valence-corrected chi connectivity index (χ3v) is 7.40. The third-order valence-electron chi connectivity index (χ3n) is 5.33. The first-order valence-electron chi connectivity index (χ1n) is 11.3. The maximum Gasteiger partial charge on any atom is 0.459 e. The summed E-state index contributed by atoms with van der Waals surface area (Å²) in [7, 11) is -4.38. The number of alkyl halides is 2. The minimum atomic E-state index is -4.38. The molecule has 0 bridgehead atoms. The van der Waals surface area contributed by atoms with Gasteiger partial charge in [-0.05, 0) is 39.0 Å². The Morgan fingerprint density at radius 1 is 1.35 bits per heavy atom. The minimum absolute atomic E-state index is 0.0858. The molecule has 1 aromatic carbocycles. The Kier molecular flexibility index (Phi) is 9.32. The van der Waals surface area contributed by atoms with Crippen molar-refractivity contribution in [3.63, 3.8) is 0 Å². The molecule has 0 saturated carbocycles. The van der Waals surface area contributed by atoms with E-state index in [4.69, 9.17) is 35.9 Å². The molecule has 2 heterocycles. The first kappa shape index (κ1) is 29.0. The molecule has 12 nitrogen and oxygen atoms in total. The molecule has 0 amide bonds. The van der Waals surface area contributed by atoms with Crippen molar-refractivity contribution in [2.75, 3.05) is 18.2 Å². The molecule has 1 aliphatic rings. The molecule has 1 fully saturated rings. The Labute approximate surface area is 217 Å². The third kappa shape index (κ3) is 6.86. The monoisotopic (exact) mass is 562 g/mol. The lowest BCUT2D eigenvalue weighted by molar-refractivity contribution is -0.149. The smallest absolute Gasteiger partial charge is 0.459 e. The van der Waals surface area contributed by atoms with Gasteiger partial charge in [0, 0.05) is 6.20 Å². The van der Waals surface area contributed by atoms with Crippen LogP contribution in [-0.4, -0.2) is 63.1 Å². The molecule has 2 unspecified atom stereocenters. The van der Waals surface area contributed by atoms with Gasteiger partial charge in [0.05, 0.1) is 18.6 Å². The van der Waals surface area contributed by atoms with Gasteiger partial charge in [0.25, 0.3) is 0 Å². The van der Waals surface area contributed by atoms with Gasteiger partial charge < -0.3 is 24.8 Å². The lowest BCUT2D eigenvalue weighted by atomic mass is 9.99. The number of nitrogens with two attached hydrogens (primary N) is 1. The Morgan fingerprint density at radius 2 is 2.03 bits per heavy atom. The molecular formula is C22H29ClFN4O8P. The predicted molar refractivity (Wildman–Crippen MR) is 132 cm³/mol. The number of nitrogen functional groups attached to an aromatic ring is 1. The van der Waals surface area contributed by atoms with Crippen LogP contribution in [0.5, 0.6) is 5.75 Å². The molecule has 1 aromatic heterocycles. The zero-order valence-corrected chi connectivity index (χ0v) is 22.0. The molecule has 204 valence electrons. The fraction of sp³-hybridized carbons (Fsp3) is 0.500. The van der Waals surface area contributed by atoms with Crippen LogP contribution in [0.4, 0.5) is 10.2 Å². The molecule has 37 heavy (non-hydrogen) atoms. The van der Waals surface area contributed by atoms with Crippen LogP contribution in [-0.2, 0) is 23.4 Å². The van der Waals surface area contributed by atoms with Crippen LogP contribution in [0.2, 0.25) is 0 Å². The second-order valence-corrected chi connectivity index (χ2v) is 10.6. The normalized spacial score (nSPS) is 26.0. The van der Waals surface area contributed by atoms with Gasteiger partial charge in [0.15, 0.2) is 12.4 Å². The van der Waals surface area contributed by atoms with E-state index in [2.05, 4.69) is 10.1 Å². The van der Waals surface area contributed by atoms with Crippen LogP contribution < -0.4 is 21.0 Å². The zero-order chi connectivity index (χ0) is 27.4. The van der Waals surface area contributed by atoms with Crippen LogP contribution >= 0.6 is 19.3 Å². The summed E-state index contributed by atoms with van der Waals surface area (Å²) in [4.78, 5) is 28.1. The number of aromatic nitrogens is 2. The van der Waals surface area contributed by atoms with Crippen LogP contribution in [0.25, 0.3) is 0 Å². The summed E-state index contributed by atoms with van der Waals surface area (Å²) in [5, 5.41) is 13.2. The van der Waals surface area contributed by atoms with E-state index >= 15 is 4.39 Å². The Balaban J connectivity index is 1.85. The zero-order valence-electron chi connectivity index (χ0n) is 20.3. The van der Waals surface area contributed by atoms with Crippen molar-refractivity contribution >= 4 is 31.1 Å². The van der Waals surface area contributed by atoms with Gasteiger partial charge in [-0.2, -0.15) is 10.1 Å². The molecule has 1 saturated heterocycles. The van der Waals surface area contributed by atoms with Crippen LogP contribution in [0, 0.1) is 0 Å². The number of nitrogens with zero attached hydrogens (tertiary/aromatic N) is 2. The number of carbonyl (C=O) groups excluding carboxylic acids is 1. The van der Waals surface area contributed by atoms with Crippen LogP contribution in [0.15, 0.2) is 47.4 Å². The molecular weight excluding hydrogens is 534 g/mol. The van der Waals surface area contributed by atoms with Crippen molar-refractivity contribution in [3.8, 4) is 5.75 Å². The molecule has 4 N–H and O–H groups in total. The van der Waals surface area contributed by atoms with Gasteiger partial charge in [-0.3, -0.25) is 13.9 Å². The molecule has 15 heteroatoms. The SMILES string of the molecule is CC(C)OC(=O)[C@H](C)NP(=O)(OC[C@@]1(CCl)O[C@@H](n2ccc(N)nc2=O)C(F)[C@@H]1O)Oc1ccccc1. The van der Waals surface area contributed by atoms with E-state index in [0.29, 0.717) is 0 Å². The number of esters is 1. The predicted octanol–water partition coefficient (Wildman–Crippen LogP) is 2.16. The number of halogens is 2. The topological polar surface area (TPSA) is 164 Å². The number of nitrogens with one attached hydrogen (secondary N) is 1. The molecule has 0 radical (unpaired) electrons. The van der Waals surface area contributed by atoms with Gasteiger partial charge in [0.2, 0.25) is 0 Å². The number of hydrogen-bond donors (Lipinski definition) is 3. The number of aliphatic hydroxyl groups is 1. The standard InChI is InChI=1S/C22H29ClFN4O8P/c1-13(2)34-20(30)14(3)27-37(32,36-15-7-5-4-6-8-15)33-12-22(11-23)18(29)17(24)19(35-22)28-10-9-16(25)26-21(28)31/h4-10,13-14,17-19,29H,11-12H2,1-3H3,(H,27,32)(H2,25,26,31)/t14-,17?,18-,19+,22+,37?/m0/s1. The van der Waals surface area contributed by atoms with E-state index in [0.717, 1.165) is 10.8 Å². The summed E-state index contributed by atoms with van der Waals surface area (Å²) < 4.78 is 51.6. The number of benzene rings is 1. The van der Waals surface area contributed by atoms with Crippen molar-refractivity contribution in [2.24, 2.45) is 0 Å². The Hall–Kier alpha value is -2.54. The fourth-order valence-electron chi connectivity index (χ4n) is 3.45. The largest absolute Gasteiger partial charge is 0.462 e. The molecule has 1 aliphatic heterocycles. The van der Waals surface area contributed by atoms with Gasteiger partial charge in [-0.1, -0.05) is 18.2 Å². The fourth-order valence-corrected chi connectivity index (χ4v) is 5.29. The molecule has 0 aliphatic carbocycles. The van der Waals surface area contributed by atoms with E-state index in [-0.39, 0.29) is 11.6 Å². The summed E-state index contributed by atoms with van der Waals surface area (Å²) in [5.74, 6) is -1.19. The highest BCUT2D eigenvalue weighted by Gasteiger charge is 2.57. The van der Waals surface area contributed by atoms with Gasteiger partial charge in [-0.25, -0.2) is 13.8 Å². The highest BCUT2D eigenvalue weighted by atomic mass is 35.5. The van der Waals surface area contributed by atoms with Crippen molar-refractivity contribution in [1.82, 2.24) is 14.6 Å². The first-order valence-corrected chi connectivity index (χ1v) is 13.4. The molecule has 6 atom stereocenters. The average molecular weight is 563 g/mol. The number of carbonyl (C=O) groups is 1. The van der Waals surface area contributed by atoms with Crippen molar-refractivity contribution < 1.29 is 37.4 Å². The van der Waals surface area contributed by atoms with E-state index < -0.39 is 68.1 Å². The van der Waals surface area contributed by atoms with E-state index in [1.54, 1.807) is 32.0 Å². The number of hydrogen-bond acceptors (Lipinski definition) is 10. The minimum Gasteiger partial charge on any atom is -0.462 e. The number of aliphatic hydroxyl groups excluding tert-OH is 1. The second-order valence-electron chi connectivity index (χ2n) is 8.65. The lowest BCUT2D eigenvalue weighted by Gasteiger charge is -2.31. The Bertz CT molecular complexity index is 1190. The van der Waals surface area contributed by atoms with Crippen molar-refractivity contribution in [1.29, 1.82) is 0 Å². The number of ether oxygens (including phenoxy) is 2. The first-order chi connectivity index (χ1) is 17.4.